The van der Waals surface area contributed by atoms with Crippen molar-refractivity contribution in [3.05, 3.63) is 101 Å². The molecule has 3 N–H and O–H groups in total. The third kappa shape index (κ3) is 6.26. The summed E-state index contributed by atoms with van der Waals surface area (Å²) in [5.74, 6) is 1.20. The van der Waals surface area contributed by atoms with Crippen LogP contribution in [-0.2, 0) is 13.1 Å². The fraction of sp³-hybridized carbons (Fsp3) is 0.282. The van der Waals surface area contributed by atoms with Crippen LogP contribution in [0.4, 0.5) is 11.5 Å². The smallest absolute Gasteiger partial charge is 0.227 e. The van der Waals surface area contributed by atoms with E-state index < -0.39 is 0 Å². The van der Waals surface area contributed by atoms with E-state index in [2.05, 4.69) is 70.8 Å². The van der Waals surface area contributed by atoms with Gasteiger partial charge in [0.2, 0.25) is 5.89 Å². The van der Waals surface area contributed by atoms with Crippen LogP contribution >= 0.6 is 0 Å². The lowest BCUT2D eigenvalue weighted by Gasteiger charge is -2.16. The fourth-order valence-electron chi connectivity index (χ4n) is 6.58. The second-order valence-corrected chi connectivity index (χ2v) is 12.7. The summed E-state index contributed by atoms with van der Waals surface area (Å²) in [7, 11) is 0. The number of anilines is 2. The Kier molecular flexibility index (Phi) is 8.87. The normalized spacial score (nSPS) is 14.1. The van der Waals surface area contributed by atoms with Crippen molar-refractivity contribution in [1.82, 2.24) is 25.2 Å². The van der Waals surface area contributed by atoms with Crippen molar-refractivity contribution in [2.75, 3.05) is 25.0 Å². The quantitative estimate of drug-likeness (QED) is 0.141. The number of oxazole rings is 1. The third-order valence-electron chi connectivity index (χ3n) is 9.30. The number of nitrogens with zero attached hydrogens (tertiary/aromatic N) is 5. The molecule has 0 aliphatic carbocycles. The number of nitrogens with one attached hydrogen (secondary N) is 2. The maximum absolute atomic E-state index is 9.95. The highest BCUT2D eigenvalue weighted by molar-refractivity contribution is 5.91. The maximum Gasteiger partial charge on any atom is 0.227 e. The van der Waals surface area contributed by atoms with Gasteiger partial charge in [-0.25, -0.2) is 9.97 Å². The third-order valence-corrected chi connectivity index (χ3v) is 9.30. The molecule has 242 valence electrons. The minimum atomic E-state index is 0.0130. The average molecular weight is 638 g/mol. The van der Waals surface area contributed by atoms with Crippen LogP contribution in [0.2, 0.25) is 0 Å². The Morgan fingerprint density at radius 1 is 0.958 bits per heavy atom. The second kappa shape index (κ2) is 13.5. The van der Waals surface area contributed by atoms with Crippen molar-refractivity contribution in [2.45, 2.75) is 52.7 Å². The van der Waals surface area contributed by atoms with E-state index in [0.717, 1.165) is 75.2 Å². The van der Waals surface area contributed by atoms with Gasteiger partial charge >= 0.3 is 0 Å². The number of hydrogen-bond acceptors (Lipinski definition) is 9. The van der Waals surface area contributed by atoms with Gasteiger partial charge in [-0.05, 0) is 116 Å². The van der Waals surface area contributed by atoms with E-state index >= 15 is 0 Å². The predicted octanol–water partition coefficient (Wildman–Crippen LogP) is 7.40. The summed E-state index contributed by atoms with van der Waals surface area (Å²) < 4.78 is 6.30. The van der Waals surface area contributed by atoms with Gasteiger partial charge in [0.25, 0.3) is 0 Å². The lowest BCUT2D eigenvalue weighted by molar-refractivity contribution is 0.251. The van der Waals surface area contributed by atoms with E-state index in [4.69, 9.17) is 14.4 Å². The van der Waals surface area contributed by atoms with E-state index in [0.29, 0.717) is 34.9 Å². The average Bonchev–Trinajstić information content (AvgIpc) is 3.78. The van der Waals surface area contributed by atoms with Crippen LogP contribution < -0.4 is 10.6 Å². The summed E-state index contributed by atoms with van der Waals surface area (Å²) in [4.78, 5) is 16.7. The van der Waals surface area contributed by atoms with Crippen LogP contribution in [-0.4, -0.2) is 50.7 Å². The van der Waals surface area contributed by atoms with Gasteiger partial charge in [-0.15, -0.1) is 0 Å². The summed E-state index contributed by atoms with van der Waals surface area (Å²) in [6, 6.07) is 22.8. The molecular formula is C39H39N7O2. The first-order valence-electron chi connectivity index (χ1n) is 16.5. The first-order valence-corrected chi connectivity index (χ1v) is 16.5. The molecule has 1 aliphatic heterocycles. The van der Waals surface area contributed by atoms with Crippen molar-refractivity contribution >= 4 is 33.5 Å². The molecule has 0 amide bonds. The fourth-order valence-corrected chi connectivity index (χ4v) is 6.58. The number of pyridine rings is 2. The van der Waals surface area contributed by atoms with Crippen LogP contribution in [0.25, 0.3) is 44.6 Å². The monoisotopic (exact) mass is 637 g/mol. The number of hydrogen-bond donors (Lipinski definition) is 3. The molecule has 3 aromatic heterocycles. The SMILES string of the molecule is Cc1c(Nc2nccc3cc(CN[C@@H](C)CO)cnc23)cccc1-c1cccc(-c2nc3cc(CN4CCCC4)cc(C#N)c3o2)c1C. The molecule has 48 heavy (non-hydrogen) atoms. The molecule has 6 aromatic rings. The number of aromatic nitrogens is 3. The molecule has 3 aromatic carbocycles. The van der Waals surface area contributed by atoms with Crippen molar-refractivity contribution in [3.8, 4) is 28.7 Å². The minimum absolute atomic E-state index is 0.0130. The van der Waals surface area contributed by atoms with Gasteiger partial charge in [0, 0.05) is 48.2 Å². The molecule has 1 atom stereocenters. The Hall–Kier alpha value is -5.14. The predicted molar refractivity (Wildman–Crippen MR) is 190 cm³/mol. The Balaban J connectivity index is 1.19. The van der Waals surface area contributed by atoms with Crippen molar-refractivity contribution in [1.29, 1.82) is 5.26 Å². The number of aliphatic hydroxyl groups excluding tert-OH is 1. The standard InChI is InChI=1S/C39H39N7O2/c1-24(23-47)42-20-28-17-29-12-13-41-38(36(29)43-21-28)44-34-11-7-9-32(26(34)3)31-8-6-10-33(25(31)2)39-45-35-18-27(22-46-14-4-5-15-46)16-30(19-40)37(35)48-39/h6-13,16-18,21,24,42,47H,4-5,14-15,20,22-23H2,1-3H3,(H,41,44)/t24-/m0/s1. The molecule has 0 bridgehead atoms. The zero-order valence-electron chi connectivity index (χ0n) is 27.5. The van der Waals surface area contributed by atoms with Crippen molar-refractivity contribution in [3.63, 3.8) is 0 Å². The number of nitriles is 1. The summed E-state index contributed by atoms with van der Waals surface area (Å²) in [5, 5.41) is 27.1. The van der Waals surface area contributed by atoms with Crippen LogP contribution in [0.1, 0.15) is 47.6 Å². The maximum atomic E-state index is 9.95. The molecule has 1 saturated heterocycles. The van der Waals surface area contributed by atoms with Crippen LogP contribution in [0.3, 0.4) is 0 Å². The first-order chi connectivity index (χ1) is 23.4. The van der Waals surface area contributed by atoms with Gasteiger partial charge in [-0.2, -0.15) is 5.26 Å². The molecule has 7 rings (SSSR count). The Morgan fingerprint density at radius 3 is 2.52 bits per heavy atom. The molecule has 0 saturated carbocycles. The molecular weight excluding hydrogens is 598 g/mol. The van der Waals surface area contributed by atoms with Gasteiger partial charge in [0.15, 0.2) is 11.4 Å². The number of likely N-dealkylation sites (tertiary alicyclic amines) is 1. The second-order valence-electron chi connectivity index (χ2n) is 12.7. The zero-order valence-corrected chi connectivity index (χ0v) is 27.5. The van der Waals surface area contributed by atoms with Crippen LogP contribution in [0.5, 0.6) is 0 Å². The van der Waals surface area contributed by atoms with E-state index in [1.807, 2.05) is 43.5 Å². The molecule has 0 spiro atoms. The van der Waals surface area contributed by atoms with E-state index in [1.54, 1.807) is 6.20 Å². The Morgan fingerprint density at radius 2 is 1.73 bits per heavy atom. The Bertz CT molecular complexity index is 2160. The number of rotatable bonds is 10. The largest absolute Gasteiger partial charge is 0.435 e. The van der Waals surface area contributed by atoms with Gasteiger partial charge in [-0.3, -0.25) is 9.88 Å². The summed E-state index contributed by atoms with van der Waals surface area (Å²) >= 11 is 0. The van der Waals surface area contributed by atoms with E-state index in [9.17, 15) is 10.4 Å². The summed E-state index contributed by atoms with van der Waals surface area (Å²) in [6.45, 7) is 9.85. The van der Waals surface area contributed by atoms with Crippen molar-refractivity contribution < 1.29 is 9.52 Å². The zero-order chi connectivity index (χ0) is 33.2. The highest BCUT2D eigenvalue weighted by Crippen LogP contribution is 2.37. The van der Waals surface area contributed by atoms with E-state index in [-0.39, 0.29) is 12.6 Å². The highest BCUT2D eigenvalue weighted by Gasteiger charge is 2.20. The summed E-state index contributed by atoms with van der Waals surface area (Å²) in [6.07, 6.45) is 6.08. The molecule has 1 aliphatic rings. The van der Waals surface area contributed by atoms with E-state index in [1.165, 1.54) is 12.8 Å². The summed E-state index contributed by atoms with van der Waals surface area (Å²) in [5.41, 5.74) is 10.8. The van der Waals surface area contributed by atoms with Crippen molar-refractivity contribution in [2.24, 2.45) is 0 Å². The lowest BCUT2D eigenvalue weighted by atomic mass is 9.93. The molecule has 1 fully saturated rings. The number of benzene rings is 3. The van der Waals surface area contributed by atoms with Crippen LogP contribution in [0.15, 0.2) is 77.5 Å². The molecule has 9 heteroatoms. The molecule has 0 radical (unpaired) electrons. The van der Waals surface area contributed by atoms with Gasteiger partial charge in [0.05, 0.1) is 12.2 Å². The van der Waals surface area contributed by atoms with Gasteiger partial charge < -0.3 is 20.2 Å². The minimum Gasteiger partial charge on any atom is -0.435 e. The number of fused-ring (bicyclic) bond motifs is 2. The molecule has 9 nitrogen and oxygen atoms in total. The number of aliphatic hydroxyl groups is 1. The Labute approximate surface area is 280 Å². The van der Waals surface area contributed by atoms with Crippen LogP contribution in [0, 0.1) is 25.2 Å². The lowest BCUT2D eigenvalue weighted by Crippen LogP contribution is -2.28. The first kappa shape index (κ1) is 31.5. The molecule has 4 heterocycles. The van der Waals surface area contributed by atoms with Gasteiger partial charge in [0.1, 0.15) is 17.1 Å². The highest BCUT2D eigenvalue weighted by atomic mass is 16.3. The topological polar surface area (TPSA) is 123 Å². The van der Waals surface area contributed by atoms with Gasteiger partial charge in [-0.1, -0.05) is 24.3 Å². The molecule has 0 unspecified atom stereocenters.